The van der Waals surface area contributed by atoms with E-state index in [1.165, 1.54) is 11.8 Å². The van der Waals surface area contributed by atoms with Crippen LogP contribution in [-0.4, -0.2) is 19.7 Å². The molecule has 0 bridgehead atoms. The smallest absolute Gasteiger partial charge is 0.263 e. The Morgan fingerprint density at radius 1 is 1.24 bits per heavy atom. The van der Waals surface area contributed by atoms with Crippen molar-refractivity contribution in [2.24, 2.45) is 0 Å². The predicted octanol–water partition coefficient (Wildman–Crippen LogP) is 5.65. The van der Waals surface area contributed by atoms with Gasteiger partial charge in [0.05, 0.1) is 21.7 Å². The maximum atomic E-state index is 13.1. The zero-order chi connectivity index (χ0) is 20.7. The highest BCUT2D eigenvalue weighted by atomic mass is 35.5. The molecule has 6 nitrogen and oxygen atoms in total. The van der Waals surface area contributed by atoms with Crippen LogP contribution < -0.4 is 5.56 Å². The standard InChI is InChI=1S/C20H19ClN4O2S2/c1-10(2)25-19(26)16-11(3)12(4)29-18(16)22-20(25)28-9-15-23-24-17(27-15)13-7-5-6-8-14(13)21/h5-8,10H,9H2,1-4H3. The molecule has 3 heterocycles. The van der Waals surface area contributed by atoms with Gasteiger partial charge in [0.2, 0.25) is 11.8 Å². The number of halogens is 1. The second-order valence-corrected chi connectivity index (χ2v) is 9.45. The SMILES string of the molecule is Cc1sc2nc(SCc3nnc(-c4ccccc4Cl)o3)n(C(C)C)c(=O)c2c1C. The second-order valence-electron chi connectivity index (χ2n) is 6.90. The summed E-state index contributed by atoms with van der Waals surface area (Å²) in [5.74, 6) is 1.24. The van der Waals surface area contributed by atoms with E-state index < -0.39 is 0 Å². The summed E-state index contributed by atoms with van der Waals surface area (Å²) in [6, 6.07) is 7.31. The molecule has 0 aliphatic rings. The molecule has 9 heteroatoms. The van der Waals surface area contributed by atoms with E-state index in [-0.39, 0.29) is 11.6 Å². The maximum absolute atomic E-state index is 13.1. The molecular formula is C20H19ClN4O2S2. The molecule has 0 saturated heterocycles. The molecule has 0 spiro atoms. The van der Waals surface area contributed by atoms with Crippen molar-refractivity contribution in [3.8, 4) is 11.5 Å². The molecule has 0 aliphatic carbocycles. The van der Waals surface area contributed by atoms with Crippen LogP contribution in [0.3, 0.4) is 0 Å². The minimum absolute atomic E-state index is 0.00312. The lowest BCUT2D eigenvalue weighted by atomic mass is 10.2. The van der Waals surface area contributed by atoms with Gasteiger partial charge >= 0.3 is 0 Å². The van der Waals surface area contributed by atoms with Gasteiger partial charge in [-0.2, -0.15) is 0 Å². The van der Waals surface area contributed by atoms with Crippen molar-refractivity contribution in [3.05, 3.63) is 56.0 Å². The minimum atomic E-state index is -0.0112. The molecule has 0 N–H and O–H groups in total. The molecule has 3 aromatic heterocycles. The van der Waals surface area contributed by atoms with Crippen molar-refractivity contribution in [2.75, 3.05) is 0 Å². The summed E-state index contributed by atoms with van der Waals surface area (Å²) in [6.07, 6.45) is 0. The first-order chi connectivity index (χ1) is 13.9. The van der Waals surface area contributed by atoms with E-state index in [0.29, 0.717) is 38.7 Å². The molecule has 4 aromatic rings. The van der Waals surface area contributed by atoms with Gasteiger partial charge in [-0.15, -0.1) is 21.5 Å². The molecule has 0 unspecified atom stereocenters. The lowest BCUT2D eigenvalue weighted by Gasteiger charge is -2.14. The molecule has 150 valence electrons. The molecule has 0 radical (unpaired) electrons. The Bertz CT molecular complexity index is 1260. The number of aromatic nitrogens is 4. The molecular weight excluding hydrogens is 428 g/mol. The van der Waals surface area contributed by atoms with Crippen LogP contribution in [0, 0.1) is 13.8 Å². The van der Waals surface area contributed by atoms with Gasteiger partial charge in [0.25, 0.3) is 5.56 Å². The topological polar surface area (TPSA) is 73.8 Å². The third kappa shape index (κ3) is 3.72. The average Bonchev–Trinajstić information content (AvgIpc) is 3.25. The van der Waals surface area contributed by atoms with Crippen molar-refractivity contribution in [1.29, 1.82) is 0 Å². The van der Waals surface area contributed by atoms with Crippen LogP contribution in [0.4, 0.5) is 0 Å². The Kier molecular flexibility index (Phi) is 5.50. The number of aryl methyl sites for hydroxylation is 2. The largest absolute Gasteiger partial charge is 0.420 e. The average molecular weight is 447 g/mol. The fraction of sp³-hybridized carbons (Fsp3) is 0.300. The highest BCUT2D eigenvalue weighted by Crippen LogP contribution is 2.31. The summed E-state index contributed by atoms with van der Waals surface area (Å²) in [6.45, 7) is 7.96. The zero-order valence-corrected chi connectivity index (χ0v) is 18.8. The van der Waals surface area contributed by atoms with Crippen molar-refractivity contribution in [1.82, 2.24) is 19.7 Å². The van der Waals surface area contributed by atoms with E-state index in [2.05, 4.69) is 10.2 Å². The Balaban J connectivity index is 1.66. The van der Waals surface area contributed by atoms with Gasteiger partial charge in [-0.3, -0.25) is 9.36 Å². The zero-order valence-electron chi connectivity index (χ0n) is 16.4. The highest BCUT2D eigenvalue weighted by Gasteiger charge is 2.19. The summed E-state index contributed by atoms with van der Waals surface area (Å²) >= 11 is 9.17. The summed E-state index contributed by atoms with van der Waals surface area (Å²) < 4.78 is 7.51. The number of rotatable bonds is 5. The van der Waals surface area contributed by atoms with E-state index in [1.54, 1.807) is 22.0 Å². The van der Waals surface area contributed by atoms with Gasteiger partial charge in [-0.25, -0.2) is 4.98 Å². The van der Waals surface area contributed by atoms with Crippen molar-refractivity contribution >= 4 is 44.9 Å². The fourth-order valence-corrected chi connectivity index (χ4v) is 5.28. The van der Waals surface area contributed by atoms with Gasteiger partial charge in [0, 0.05) is 10.9 Å². The van der Waals surface area contributed by atoms with E-state index >= 15 is 0 Å². The molecule has 0 amide bonds. The van der Waals surface area contributed by atoms with E-state index in [0.717, 1.165) is 15.3 Å². The van der Waals surface area contributed by atoms with Crippen molar-refractivity contribution in [2.45, 2.75) is 44.6 Å². The second kappa shape index (κ2) is 7.93. The van der Waals surface area contributed by atoms with Crippen LogP contribution in [0.25, 0.3) is 21.7 Å². The number of benzene rings is 1. The van der Waals surface area contributed by atoms with Crippen LogP contribution in [0.5, 0.6) is 0 Å². The predicted molar refractivity (Wildman–Crippen MR) is 118 cm³/mol. The molecule has 1 aromatic carbocycles. The molecule has 0 atom stereocenters. The van der Waals surface area contributed by atoms with Crippen LogP contribution in [0.1, 0.15) is 36.2 Å². The van der Waals surface area contributed by atoms with E-state index in [9.17, 15) is 4.79 Å². The summed E-state index contributed by atoms with van der Waals surface area (Å²) in [5.41, 5.74) is 1.70. The summed E-state index contributed by atoms with van der Waals surface area (Å²) in [4.78, 5) is 19.8. The molecule has 0 aliphatic heterocycles. The Morgan fingerprint density at radius 3 is 2.72 bits per heavy atom. The first kappa shape index (κ1) is 20.1. The molecule has 0 saturated carbocycles. The van der Waals surface area contributed by atoms with Crippen LogP contribution in [0.15, 0.2) is 38.6 Å². The Morgan fingerprint density at radius 2 is 2.00 bits per heavy atom. The lowest BCUT2D eigenvalue weighted by molar-refractivity contribution is 0.514. The van der Waals surface area contributed by atoms with Crippen LogP contribution in [0.2, 0.25) is 5.02 Å². The lowest BCUT2D eigenvalue weighted by Crippen LogP contribution is -2.24. The molecule has 4 rings (SSSR count). The number of fused-ring (bicyclic) bond motifs is 1. The maximum Gasteiger partial charge on any atom is 0.263 e. The number of thioether (sulfide) groups is 1. The first-order valence-electron chi connectivity index (χ1n) is 9.09. The Labute approximate surface area is 180 Å². The van der Waals surface area contributed by atoms with E-state index in [4.69, 9.17) is 21.0 Å². The van der Waals surface area contributed by atoms with Crippen molar-refractivity contribution < 1.29 is 4.42 Å². The minimum Gasteiger partial charge on any atom is -0.420 e. The molecule has 29 heavy (non-hydrogen) atoms. The van der Waals surface area contributed by atoms with Crippen molar-refractivity contribution in [3.63, 3.8) is 0 Å². The third-order valence-corrected chi connectivity index (χ3v) is 6.98. The number of thiophene rings is 1. The molecule has 0 fully saturated rings. The fourth-order valence-electron chi connectivity index (χ4n) is 3.03. The summed E-state index contributed by atoms with van der Waals surface area (Å²) in [5, 5.41) is 10.1. The van der Waals surface area contributed by atoms with Gasteiger partial charge in [0.1, 0.15) is 4.83 Å². The monoisotopic (exact) mass is 446 g/mol. The van der Waals surface area contributed by atoms with Gasteiger partial charge in [0.15, 0.2) is 5.16 Å². The number of hydrogen-bond donors (Lipinski definition) is 0. The third-order valence-electron chi connectivity index (χ3n) is 4.61. The van der Waals surface area contributed by atoms with Gasteiger partial charge in [-0.1, -0.05) is 35.5 Å². The van der Waals surface area contributed by atoms with E-state index in [1.807, 2.05) is 45.9 Å². The quantitative estimate of drug-likeness (QED) is 0.291. The van der Waals surface area contributed by atoms with Gasteiger partial charge < -0.3 is 4.42 Å². The normalized spacial score (nSPS) is 11.7. The summed E-state index contributed by atoms with van der Waals surface area (Å²) in [7, 11) is 0. The number of hydrogen-bond acceptors (Lipinski definition) is 7. The first-order valence-corrected chi connectivity index (χ1v) is 11.3. The highest BCUT2D eigenvalue weighted by molar-refractivity contribution is 7.98. The Hall–Kier alpha value is -2.16. The number of nitrogens with zero attached hydrogens (tertiary/aromatic N) is 4. The van der Waals surface area contributed by atoms with Crippen LogP contribution >= 0.6 is 34.7 Å². The van der Waals surface area contributed by atoms with Crippen LogP contribution in [-0.2, 0) is 5.75 Å². The van der Waals surface area contributed by atoms with Gasteiger partial charge in [-0.05, 0) is 45.4 Å².